The number of amides is 1. The number of ketones is 1. The van der Waals surface area contributed by atoms with Gasteiger partial charge in [0.2, 0.25) is 0 Å². The summed E-state index contributed by atoms with van der Waals surface area (Å²) in [7, 11) is 0. The molecule has 148 valence electrons. The second-order valence-electron chi connectivity index (χ2n) is 8.85. The molecule has 1 saturated heterocycles. The van der Waals surface area contributed by atoms with Crippen LogP contribution in [0.3, 0.4) is 0 Å². The van der Waals surface area contributed by atoms with Crippen LogP contribution in [-0.4, -0.2) is 46.0 Å². The Kier molecular flexibility index (Phi) is 4.73. The number of hydrogen-bond donors (Lipinski definition) is 1. The summed E-state index contributed by atoms with van der Waals surface area (Å²) in [4.78, 5) is 27.3. The Morgan fingerprint density at radius 3 is 2.82 bits per heavy atom. The third-order valence-corrected chi connectivity index (χ3v) is 5.73. The number of para-hydroxylation sites is 1. The second-order valence-corrected chi connectivity index (χ2v) is 8.85. The van der Waals surface area contributed by atoms with Crippen LogP contribution in [0.2, 0.25) is 0 Å². The Morgan fingerprint density at radius 1 is 1.29 bits per heavy atom. The fraction of sp³-hybridized carbons (Fsp3) is 0.500. The van der Waals surface area contributed by atoms with E-state index >= 15 is 0 Å². The van der Waals surface area contributed by atoms with E-state index < -0.39 is 0 Å². The van der Waals surface area contributed by atoms with Gasteiger partial charge in [-0.1, -0.05) is 32.9 Å². The Labute approximate surface area is 165 Å². The molecule has 2 atom stereocenters. The van der Waals surface area contributed by atoms with E-state index in [0.29, 0.717) is 36.5 Å². The maximum atomic E-state index is 13.0. The lowest BCUT2D eigenvalue weighted by molar-refractivity contribution is 0.0406. The van der Waals surface area contributed by atoms with Gasteiger partial charge in [0, 0.05) is 36.5 Å². The number of likely N-dealkylation sites (tertiary alicyclic amines) is 1. The number of aromatic amines is 1. The van der Waals surface area contributed by atoms with Crippen LogP contribution < -0.4 is 4.74 Å². The summed E-state index contributed by atoms with van der Waals surface area (Å²) >= 11 is 0. The van der Waals surface area contributed by atoms with Gasteiger partial charge in [0.15, 0.2) is 5.78 Å². The molecule has 1 amide bonds. The van der Waals surface area contributed by atoms with Crippen molar-refractivity contribution >= 4 is 11.7 Å². The van der Waals surface area contributed by atoms with Crippen LogP contribution in [-0.2, 0) is 5.41 Å². The molecule has 4 rings (SSSR count). The summed E-state index contributed by atoms with van der Waals surface area (Å²) in [5.74, 6) is 0.877. The maximum absolute atomic E-state index is 13.0. The number of aromatic nitrogens is 2. The van der Waals surface area contributed by atoms with Crippen molar-refractivity contribution in [3.63, 3.8) is 0 Å². The molecule has 1 N–H and O–H groups in total. The molecule has 6 heteroatoms. The summed E-state index contributed by atoms with van der Waals surface area (Å²) in [6, 6.07) is 9.26. The zero-order chi connectivity index (χ0) is 19.9. The van der Waals surface area contributed by atoms with Crippen molar-refractivity contribution in [1.82, 2.24) is 15.1 Å². The number of nitrogens with one attached hydrogen (secondary N) is 1. The van der Waals surface area contributed by atoms with Crippen LogP contribution in [0.25, 0.3) is 0 Å². The molecule has 2 aliphatic rings. The first-order valence-corrected chi connectivity index (χ1v) is 9.97. The molecule has 2 aromatic rings. The first kappa shape index (κ1) is 18.7. The highest BCUT2D eigenvalue weighted by molar-refractivity contribution is 6.00. The van der Waals surface area contributed by atoms with Gasteiger partial charge >= 0.3 is 0 Å². The summed E-state index contributed by atoms with van der Waals surface area (Å²) in [6.07, 6.45) is 2.06. The zero-order valence-corrected chi connectivity index (χ0v) is 16.7. The molecule has 3 heterocycles. The molecule has 2 aliphatic heterocycles. The summed E-state index contributed by atoms with van der Waals surface area (Å²) in [6.45, 7) is 7.56. The number of Topliss-reactive ketones (excluding diaryl/α,β-unsaturated/α-hetero) is 1. The fourth-order valence-corrected chi connectivity index (χ4v) is 4.04. The van der Waals surface area contributed by atoms with E-state index in [1.807, 2.05) is 35.2 Å². The molecular weight excluding hydrogens is 354 g/mol. The lowest BCUT2D eigenvalue weighted by Crippen LogP contribution is -2.46. The van der Waals surface area contributed by atoms with Crippen molar-refractivity contribution in [2.24, 2.45) is 5.92 Å². The quantitative estimate of drug-likeness (QED) is 0.863. The van der Waals surface area contributed by atoms with Gasteiger partial charge in [0.25, 0.3) is 5.91 Å². The Balaban J connectivity index is 1.47. The minimum absolute atomic E-state index is 0.0565. The molecule has 0 radical (unpaired) electrons. The smallest absolute Gasteiger partial charge is 0.274 e. The van der Waals surface area contributed by atoms with E-state index in [-0.39, 0.29) is 29.1 Å². The molecule has 0 aliphatic carbocycles. The van der Waals surface area contributed by atoms with E-state index in [4.69, 9.17) is 4.74 Å². The molecule has 0 spiro atoms. The molecule has 28 heavy (non-hydrogen) atoms. The van der Waals surface area contributed by atoms with Gasteiger partial charge in [0.1, 0.15) is 17.5 Å². The highest BCUT2D eigenvalue weighted by Gasteiger charge is 2.36. The summed E-state index contributed by atoms with van der Waals surface area (Å²) < 4.78 is 6.14. The zero-order valence-electron chi connectivity index (χ0n) is 16.7. The van der Waals surface area contributed by atoms with Crippen LogP contribution in [0.1, 0.15) is 66.6 Å². The molecule has 0 bridgehead atoms. The standard InChI is InChI=1S/C22H27N3O3/c1-22(2,3)20-11-16(23-24-20)21(27)25-10-6-7-14(13-25)19-12-17(26)15-8-4-5-9-18(15)28-19/h4-5,8-9,11,14,19H,6-7,10,12-13H2,1-3H3,(H,23,24)/t14-,19+/m1/s1. The maximum Gasteiger partial charge on any atom is 0.274 e. The van der Waals surface area contributed by atoms with Gasteiger partial charge in [0.05, 0.1) is 5.56 Å². The Bertz CT molecular complexity index is 896. The van der Waals surface area contributed by atoms with Crippen molar-refractivity contribution in [3.05, 3.63) is 47.3 Å². The van der Waals surface area contributed by atoms with Gasteiger partial charge in [-0.15, -0.1) is 0 Å². The monoisotopic (exact) mass is 381 g/mol. The highest BCUT2D eigenvalue weighted by Crippen LogP contribution is 2.33. The molecular formula is C22H27N3O3. The first-order chi connectivity index (χ1) is 13.3. The molecule has 0 unspecified atom stereocenters. The van der Waals surface area contributed by atoms with Crippen molar-refractivity contribution < 1.29 is 14.3 Å². The van der Waals surface area contributed by atoms with Crippen molar-refractivity contribution in [2.45, 2.75) is 51.6 Å². The summed E-state index contributed by atoms with van der Waals surface area (Å²) in [5.41, 5.74) is 1.98. The van der Waals surface area contributed by atoms with E-state index in [1.54, 1.807) is 0 Å². The fourth-order valence-electron chi connectivity index (χ4n) is 4.04. The number of piperidine rings is 1. The first-order valence-electron chi connectivity index (χ1n) is 9.97. The van der Waals surface area contributed by atoms with Gasteiger partial charge < -0.3 is 9.64 Å². The average Bonchev–Trinajstić information content (AvgIpc) is 3.18. The Morgan fingerprint density at radius 2 is 2.07 bits per heavy atom. The van der Waals surface area contributed by atoms with E-state index in [9.17, 15) is 9.59 Å². The van der Waals surface area contributed by atoms with Crippen LogP contribution >= 0.6 is 0 Å². The van der Waals surface area contributed by atoms with Crippen molar-refractivity contribution in [1.29, 1.82) is 0 Å². The normalized spacial score (nSPS) is 22.5. The van der Waals surface area contributed by atoms with Crippen LogP contribution in [0.15, 0.2) is 30.3 Å². The number of benzene rings is 1. The predicted molar refractivity (Wildman–Crippen MR) is 106 cm³/mol. The number of H-pyrrole nitrogens is 1. The van der Waals surface area contributed by atoms with Gasteiger partial charge in [-0.2, -0.15) is 5.10 Å². The van der Waals surface area contributed by atoms with Gasteiger partial charge in [-0.05, 0) is 31.0 Å². The predicted octanol–water partition coefficient (Wildman–Crippen LogP) is 3.59. The van der Waals surface area contributed by atoms with Crippen LogP contribution in [0.5, 0.6) is 5.75 Å². The third-order valence-electron chi connectivity index (χ3n) is 5.73. The highest BCUT2D eigenvalue weighted by atomic mass is 16.5. The minimum Gasteiger partial charge on any atom is -0.489 e. The number of fused-ring (bicyclic) bond motifs is 1. The molecule has 1 aromatic carbocycles. The average molecular weight is 381 g/mol. The largest absolute Gasteiger partial charge is 0.489 e. The topological polar surface area (TPSA) is 75.3 Å². The minimum atomic E-state index is -0.178. The number of ether oxygens (including phenoxy) is 1. The van der Waals surface area contributed by atoms with E-state index in [0.717, 1.165) is 18.5 Å². The van der Waals surface area contributed by atoms with E-state index in [1.165, 1.54) is 0 Å². The van der Waals surface area contributed by atoms with Gasteiger partial charge in [-0.25, -0.2) is 0 Å². The van der Waals surface area contributed by atoms with E-state index in [2.05, 4.69) is 31.0 Å². The van der Waals surface area contributed by atoms with Crippen LogP contribution in [0, 0.1) is 5.92 Å². The van der Waals surface area contributed by atoms with Gasteiger partial charge in [-0.3, -0.25) is 14.7 Å². The second kappa shape index (κ2) is 7.08. The third kappa shape index (κ3) is 3.55. The molecule has 1 fully saturated rings. The van der Waals surface area contributed by atoms with Crippen molar-refractivity contribution in [3.8, 4) is 5.75 Å². The molecule has 0 saturated carbocycles. The lowest BCUT2D eigenvalue weighted by atomic mass is 9.86. The molecule has 6 nitrogen and oxygen atoms in total. The SMILES string of the molecule is CC(C)(C)c1cc(C(=O)N2CCC[C@@H]([C@@H]3CC(=O)c4ccccc4O3)C2)n[nH]1. The number of hydrogen-bond acceptors (Lipinski definition) is 4. The van der Waals surface area contributed by atoms with Crippen LogP contribution in [0.4, 0.5) is 0 Å². The summed E-state index contributed by atoms with van der Waals surface area (Å²) in [5, 5.41) is 7.23. The lowest BCUT2D eigenvalue weighted by Gasteiger charge is -2.38. The number of nitrogens with zero attached hydrogens (tertiary/aromatic N) is 2. The number of carbonyl (C=O) groups excluding carboxylic acids is 2. The molecule has 1 aromatic heterocycles. The Hall–Kier alpha value is -2.63. The number of carbonyl (C=O) groups is 2. The van der Waals surface area contributed by atoms with Crippen molar-refractivity contribution in [2.75, 3.05) is 13.1 Å². The number of rotatable bonds is 2.